The second-order valence-corrected chi connectivity index (χ2v) is 5.84. The van der Waals surface area contributed by atoms with Crippen molar-refractivity contribution >= 4 is 27.3 Å². The molecule has 20 heavy (non-hydrogen) atoms. The second kappa shape index (κ2) is 5.64. The van der Waals surface area contributed by atoms with Crippen LogP contribution in [0.25, 0.3) is 0 Å². The third kappa shape index (κ3) is 3.17. The van der Waals surface area contributed by atoms with Crippen LogP contribution in [0.15, 0.2) is 41.4 Å². The number of nitrogens with zero attached hydrogens (tertiary/aromatic N) is 1. The van der Waals surface area contributed by atoms with E-state index in [1.807, 2.05) is 0 Å². The van der Waals surface area contributed by atoms with Gasteiger partial charge in [0.05, 0.1) is 17.7 Å². The molecule has 0 radical (unpaired) electrons. The molecular formula is C12H10ClFN2O3S. The molecule has 0 atom stereocenters. The van der Waals surface area contributed by atoms with Crippen molar-refractivity contribution in [2.24, 2.45) is 0 Å². The summed E-state index contributed by atoms with van der Waals surface area (Å²) in [6.07, 6.45) is 1.28. The lowest BCUT2D eigenvalue weighted by molar-refractivity contribution is 0.387. The highest BCUT2D eigenvalue weighted by molar-refractivity contribution is 7.92. The van der Waals surface area contributed by atoms with Gasteiger partial charge in [-0.1, -0.05) is 11.6 Å². The Morgan fingerprint density at radius 3 is 2.70 bits per heavy atom. The van der Waals surface area contributed by atoms with Crippen molar-refractivity contribution in [3.05, 3.63) is 47.5 Å². The minimum atomic E-state index is -3.83. The van der Waals surface area contributed by atoms with E-state index in [9.17, 15) is 12.8 Å². The molecule has 0 aliphatic heterocycles. The van der Waals surface area contributed by atoms with E-state index in [-0.39, 0.29) is 21.5 Å². The van der Waals surface area contributed by atoms with E-state index in [4.69, 9.17) is 16.3 Å². The summed E-state index contributed by atoms with van der Waals surface area (Å²) < 4.78 is 44.6. The Kier molecular flexibility index (Phi) is 4.10. The van der Waals surface area contributed by atoms with Gasteiger partial charge in [0.1, 0.15) is 5.15 Å². The van der Waals surface area contributed by atoms with Crippen LogP contribution < -0.4 is 9.46 Å². The molecule has 1 aromatic heterocycles. The highest BCUT2D eigenvalue weighted by Gasteiger charge is 2.16. The van der Waals surface area contributed by atoms with Gasteiger partial charge in [0.15, 0.2) is 11.6 Å². The normalized spacial score (nSPS) is 11.2. The SMILES string of the molecule is COc1cc(NS(=O)(=O)c2ccnc(Cl)c2)ccc1F. The molecule has 1 aromatic carbocycles. The molecule has 2 rings (SSSR count). The smallest absolute Gasteiger partial charge is 0.262 e. The lowest BCUT2D eigenvalue weighted by Gasteiger charge is -2.09. The van der Waals surface area contributed by atoms with E-state index in [2.05, 4.69) is 9.71 Å². The van der Waals surface area contributed by atoms with Crippen LogP contribution in [-0.4, -0.2) is 20.5 Å². The average molecular weight is 317 g/mol. The Morgan fingerprint density at radius 2 is 2.05 bits per heavy atom. The molecule has 0 aliphatic carbocycles. The van der Waals surface area contributed by atoms with Gasteiger partial charge in [-0.2, -0.15) is 0 Å². The van der Waals surface area contributed by atoms with Gasteiger partial charge in [-0.05, 0) is 24.3 Å². The number of pyridine rings is 1. The standard InChI is InChI=1S/C12H10ClFN2O3S/c1-19-11-6-8(2-3-10(11)14)16-20(17,18)9-4-5-15-12(13)7-9/h2-7,16H,1H3. The molecule has 2 aromatic rings. The fraction of sp³-hybridized carbons (Fsp3) is 0.0833. The van der Waals surface area contributed by atoms with Crippen LogP contribution in [0.2, 0.25) is 5.15 Å². The average Bonchev–Trinajstić information content (AvgIpc) is 2.40. The lowest BCUT2D eigenvalue weighted by Crippen LogP contribution is -2.13. The molecule has 0 saturated heterocycles. The number of hydrogen-bond donors (Lipinski definition) is 1. The molecule has 8 heteroatoms. The zero-order chi connectivity index (χ0) is 14.8. The van der Waals surface area contributed by atoms with E-state index in [1.54, 1.807) is 0 Å². The van der Waals surface area contributed by atoms with Gasteiger partial charge in [-0.25, -0.2) is 17.8 Å². The largest absolute Gasteiger partial charge is 0.494 e. The number of hydrogen-bond acceptors (Lipinski definition) is 4. The van der Waals surface area contributed by atoms with Crippen molar-refractivity contribution in [3.63, 3.8) is 0 Å². The first-order valence-corrected chi connectivity index (χ1v) is 7.26. The third-order valence-corrected chi connectivity index (χ3v) is 4.00. The lowest BCUT2D eigenvalue weighted by atomic mass is 10.3. The van der Waals surface area contributed by atoms with Gasteiger partial charge < -0.3 is 4.74 Å². The Bertz CT molecular complexity index is 737. The summed E-state index contributed by atoms with van der Waals surface area (Å²) in [5.74, 6) is -0.639. The van der Waals surface area contributed by atoms with Gasteiger partial charge in [0.25, 0.3) is 10.0 Å². The Morgan fingerprint density at radius 1 is 1.30 bits per heavy atom. The molecule has 0 amide bonds. The quantitative estimate of drug-likeness (QED) is 0.881. The summed E-state index contributed by atoms with van der Waals surface area (Å²) in [6, 6.07) is 6.16. The predicted molar refractivity (Wildman–Crippen MR) is 73.0 cm³/mol. The first-order valence-electron chi connectivity index (χ1n) is 5.40. The summed E-state index contributed by atoms with van der Waals surface area (Å²) in [7, 11) is -2.54. The minimum Gasteiger partial charge on any atom is -0.494 e. The van der Waals surface area contributed by atoms with Crippen LogP contribution in [0.5, 0.6) is 5.75 Å². The maximum Gasteiger partial charge on any atom is 0.262 e. The van der Waals surface area contributed by atoms with Crippen molar-refractivity contribution in [2.75, 3.05) is 11.8 Å². The van der Waals surface area contributed by atoms with E-state index >= 15 is 0 Å². The topological polar surface area (TPSA) is 68.3 Å². The predicted octanol–water partition coefficient (Wildman–Crippen LogP) is 2.68. The van der Waals surface area contributed by atoms with Crippen molar-refractivity contribution in [1.29, 1.82) is 0 Å². The second-order valence-electron chi connectivity index (χ2n) is 3.77. The molecule has 0 spiro atoms. The molecule has 1 heterocycles. The fourth-order valence-corrected chi connectivity index (χ4v) is 2.79. The third-order valence-electron chi connectivity index (χ3n) is 2.41. The summed E-state index contributed by atoms with van der Waals surface area (Å²) in [5.41, 5.74) is 0.177. The Hall–Kier alpha value is -1.86. The maximum absolute atomic E-state index is 13.3. The highest BCUT2D eigenvalue weighted by atomic mass is 35.5. The number of ether oxygens (including phenoxy) is 1. The monoisotopic (exact) mass is 316 g/mol. The van der Waals surface area contributed by atoms with Crippen LogP contribution in [0.1, 0.15) is 0 Å². The number of nitrogens with one attached hydrogen (secondary N) is 1. The first kappa shape index (κ1) is 14.5. The molecule has 1 N–H and O–H groups in total. The molecule has 106 valence electrons. The first-order chi connectivity index (χ1) is 9.42. The van der Waals surface area contributed by atoms with Gasteiger partial charge in [0, 0.05) is 12.3 Å². The number of aromatic nitrogens is 1. The van der Waals surface area contributed by atoms with Crippen LogP contribution in [0.3, 0.4) is 0 Å². The Balaban J connectivity index is 2.33. The fourth-order valence-electron chi connectivity index (χ4n) is 1.49. The van der Waals surface area contributed by atoms with E-state index < -0.39 is 15.8 Å². The summed E-state index contributed by atoms with van der Waals surface area (Å²) in [5, 5.41) is 0.0598. The molecule has 0 fully saturated rings. The molecule has 0 saturated carbocycles. The van der Waals surface area contributed by atoms with Gasteiger partial charge in [0.2, 0.25) is 0 Å². The van der Waals surface area contributed by atoms with E-state index in [0.717, 1.165) is 6.07 Å². The summed E-state index contributed by atoms with van der Waals surface area (Å²) in [6.45, 7) is 0. The van der Waals surface area contributed by atoms with Gasteiger partial charge in [-0.3, -0.25) is 4.72 Å². The summed E-state index contributed by atoms with van der Waals surface area (Å²) in [4.78, 5) is 3.66. The van der Waals surface area contributed by atoms with E-state index in [1.165, 1.54) is 37.6 Å². The zero-order valence-electron chi connectivity index (χ0n) is 10.3. The number of anilines is 1. The number of benzene rings is 1. The van der Waals surface area contributed by atoms with Crippen molar-refractivity contribution in [1.82, 2.24) is 4.98 Å². The minimum absolute atomic E-state index is 0.0409. The molecular weight excluding hydrogens is 307 g/mol. The van der Waals surface area contributed by atoms with Gasteiger partial charge >= 0.3 is 0 Å². The Labute approximate surface area is 120 Å². The van der Waals surface area contributed by atoms with Gasteiger partial charge in [-0.15, -0.1) is 0 Å². The molecule has 0 aliphatic rings. The number of sulfonamides is 1. The molecule has 5 nitrogen and oxygen atoms in total. The van der Waals surface area contributed by atoms with E-state index in [0.29, 0.717) is 0 Å². The van der Waals surface area contributed by atoms with Crippen LogP contribution in [0, 0.1) is 5.82 Å². The van der Waals surface area contributed by atoms with Crippen molar-refractivity contribution in [3.8, 4) is 5.75 Å². The molecule has 0 bridgehead atoms. The highest BCUT2D eigenvalue weighted by Crippen LogP contribution is 2.24. The summed E-state index contributed by atoms with van der Waals surface area (Å²) >= 11 is 5.65. The number of halogens is 2. The number of rotatable bonds is 4. The van der Waals surface area contributed by atoms with Crippen LogP contribution >= 0.6 is 11.6 Å². The maximum atomic E-state index is 13.3. The van der Waals surface area contributed by atoms with Crippen LogP contribution in [0.4, 0.5) is 10.1 Å². The number of methoxy groups -OCH3 is 1. The van der Waals surface area contributed by atoms with Crippen molar-refractivity contribution in [2.45, 2.75) is 4.90 Å². The zero-order valence-corrected chi connectivity index (χ0v) is 11.9. The molecule has 0 unspecified atom stereocenters. The van der Waals surface area contributed by atoms with Crippen LogP contribution in [-0.2, 0) is 10.0 Å². The van der Waals surface area contributed by atoms with Crippen molar-refractivity contribution < 1.29 is 17.5 Å².